The van der Waals surface area contributed by atoms with Gasteiger partial charge in [0.05, 0.1) is 6.54 Å². The Bertz CT molecular complexity index is 445. The Balaban J connectivity index is 2.40. The van der Waals surface area contributed by atoms with Gasteiger partial charge in [-0.05, 0) is 19.1 Å². The lowest BCUT2D eigenvalue weighted by Crippen LogP contribution is -2.46. The van der Waals surface area contributed by atoms with Gasteiger partial charge in [-0.2, -0.15) is 0 Å². The van der Waals surface area contributed by atoms with E-state index in [0.29, 0.717) is 5.56 Å². The third kappa shape index (κ3) is 4.25. The van der Waals surface area contributed by atoms with Crippen LogP contribution in [-0.2, 0) is 9.59 Å². The Morgan fingerprint density at radius 1 is 1.22 bits per heavy atom. The van der Waals surface area contributed by atoms with Gasteiger partial charge >= 0.3 is 0 Å². The first-order valence-corrected chi connectivity index (χ1v) is 5.42. The van der Waals surface area contributed by atoms with Crippen molar-refractivity contribution in [2.75, 3.05) is 6.54 Å². The van der Waals surface area contributed by atoms with Crippen LogP contribution in [0.3, 0.4) is 0 Å². The highest BCUT2D eigenvalue weighted by molar-refractivity contribution is 5.96. The van der Waals surface area contributed by atoms with E-state index >= 15 is 0 Å². The van der Waals surface area contributed by atoms with Crippen LogP contribution in [0.4, 0.5) is 0 Å². The number of nitrogens with one attached hydrogen (secondary N) is 2. The van der Waals surface area contributed by atoms with Crippen LogP contribution in [0.1, 0.15) is 17.3 Å². The second kappa shape index (κ2) is 6.39. The summed E-state index contributed by atoms with van der Waals surface area (Å²) in [4.78, 5) is 33.7. The molecule has 6 nitrogen and oxygen atoms in total. The standard InChI is InChI=1S/C12H15N3O3/c1-8(11(13)17)15-10(16)7-14-12(18)9-5-3-2-4-6-9/h2-6,8H,7H2,1H3,(H2,13,17)(H,14,18)(H,15,16)/t8-/m0/s1. The highest BCUT2D eigenvalue weighted by atomic mass is 16.2. The summed E-state index contributed by atoms with van der Waals surface area (Å²) >= 11 is 0. The molecule has 0 aliphatic heterocycles. The van der Waals surface area contributed by atoms with E-state index in [2.05, 4.69) is 10.6 Å². The molecular formula is C12H15N3O3. The van der Waals surface area contributed by atoms with E-state index in [0.717, 1.165) is 0 Å². The highest BCUT2D eigenvalue weighted by Crippen LogP contribution is 1.97. The van der Waals surface area contributed by atoms with Crippen LogP contribution in [-0.4, -0.2) is 30.3 Å². The smallest absolute Gasteiger partial charge is 0.251 e. The number of hydrogen-bond acceptors (Lipinski definition) is 3. The molecule has 4 N–H and O–H groups in total. The molecule has 1 aromatic carbocycles. The molecule has 0 aliphatic carbocycles. The molecule has 0 unspecified atom stereocenters. The molecule has 0 saturated heterocycles. The Morgan fingerprint density at radius 2 is 1.83 bits per heavy atom. The molecule has 0 aliphatic rings. The summed E-state index contributed by atoms with van der Waals surface area (Å²) in [5.74, 6) is -1.44. The van der Waals surface area contributed by atoms with E-state index in [4.69, 9.17) is 5.73 Å². The topological polar surface area (TPSA) is 101 Å². The van der Waals surface area contributed by atoms with Gasteiger partial charge in [-0.15, -0.1) is 0 Å². The largest absolute Gasteiger partial charge is 0.368 e. The molecule has 0 radical (unpaired) electrons. The van der Waals surface area contributed by atoms with Crippen molar-refractivity contribution in [3.05, 3.63) is 35.9 Å². The third-order valence-corrected chi connectivity index (χ3v) is 2.25. The average molecular weight is 249 g/mol. The lowest BCUT2D eigenvalue weighted by atomic mass is 10.2. The SMILES string of the molecule is C[C@H](NC(=O)CNC(=O)c1ccccc1)C(N)=O. The van der Waals surface area contributed by atoms with Crippen LogP contribution in [0.2, 0.25) is 0 Å². The molecule has 96 valence electrons. The Hall–Kier alpha value is -2.37. The van der Waals surface area contributed by atoms with E-state index in [1.807, 2.05) is 0 Å². The van der Waals surface area contributed by atoms with Gasteiger partial charge in [-0.25, -0.2) is 0 Å². The van der Waals surface area contributed by atoms with E-state index in [-0.39, 0.29) is 12.5 Å². The number of carbonyl (C=O) groups excluding carboxylic acids is 3. The van der Waals surface area contributed by atoms with Crippen molar-refractivity contribution in [1.82, 2.24) is 10.6 Å². The number of hydrogen-bond donors (Lipinski definition) is 3. The lowest BCUT2D eigenvalue weighted by molar-refractivity contribution is -0.126. The quantitative estimate of drug-likeness (QED) is 0.649. The van der Waals surface area contributed by atoms with Crippen molar-refractivity contribution in [1.29, 1.82) is 0 Å². The minimum absolute atomic E-state index is 0.203. The van der Waals surface area contributed by atoms with Gasteiger partial charge in [-0.3, -0.25) is 14.4 Å². The number of benzene rings is 1. The zero-order valence-electron chi connectivity index (χ0n) is 9.97. The molecule has 6 heteroatoms. The van der Waals surface area contributed by atoms with Crippen molar-refractivity contribution in [3.8, 4) is 0 Å². The first kappa shape index (κ1) is 13.7. The molecule has 1 atom stereocenters. The van der Waals surface area contributed by atoms with Crippen LogP contribution in [0.5, 0.6) is 0 Å². The fourth-order valence-corrected chi connectivity index (χ4v) is 1.22. The van der Waals surface area contributed by atoms with Gasteiger partial charge in [0.25, 0.3) is 5.91 Å². The summed E-state index contributed by atoms with van der Waals surface area (Å²) in [6, 6.07) is 7.76. The van der Waals surface area contributed by atoms with E-state index in [1.165, 1.54) is 6.92 Å². The minimum Gasteiger partial charge on any atom is -0.368 e. The van der Waals surface area contributed by atoms with Crippen LogP contribution in [0.15, 0.2) is 30.3 Å². The maximum Gasteiger partial charge on any atom is 0.251 e. The number of nitrogens with two attached hydrogens (primary N) is 1. The van der Waals surface area contributed by atoms with Gasteiger partial charge < -0.3 is 16.4 Å². The molecule has 0 heterocycles. The zero-order chi connectivity index (χ0) is 13.5. The summed E-state index contributed by atoms with van der Waals surface area (Å²) in [7, 11) is 0. The molecule has 3 amide bonds. The van der Waals surface area contributed by atoms with Gasteiger partial charge in [0.2, 0.25) is 11.8 Å². The van der Waals surface area contributed by atoms with E-state index < -0.39 is 17.9 Å². The van der Waals surface area contributed by atoms with Crippen molar-refractivity contribution < 1.29 is 14.4 Å². The molecule has 1 aromatic rings. The molecule has 0 fully saturated rings. The van der Waals surface area contributed by atoms with Crippen LogP contribution < -0.4 is 16.4 Å². The summed E-state index contributed by atoms with van der Waals surface area (Å²) in [5, 5.41) is 4.80. The number of primary amides is 1. The first-order chi connectivity index (χ1) is 8.50. The second-order valence-corrected chi connectivity index (χ2v) is 3.74. The Labute approximate surface area is 105 Å². The van der Waals surface area contributed by atoms with Crippen molar-refractivity contribution in [2.45, 2.75) is 13.0 Å². The maximum atomic E-state index is 11.6. The Morgan fingerprint density at radius 3 is 2.39 bits per heavy atom. The number of amides is 3. The number of carbonyl (C=O) groups is 3. The molecule has 0 bridgehead atoms. The van der Waals surface area contributed by atoms with Crippen molar-refractivity contribution >= 4 is 17.7 Å². The van der Waals surface area contributed by atoms with Crippen molar-refractivity contribution in [2.24, 2.45) is 5.73 Å². The van der Waals surface area contributed by atoms with Gasteiger partial charge in [-0.1, -0.05) is 18.2 Å². The molecule has 18 heavy (non-hydrogen) atoms. The number of rotatable bonds is 5. The van der Waals surface area contributed by atoms with E-state index in [1.54, 1.807) is 30.3 Å². The van der Waals surface area contributed by atoms with Crippen LogP contribution in [0.25, 0.3) is 0 Å². The predicted molar refractivity (Wildman–Crippen MR) is 65.6 cm³/mol. The molecule has 0 aromatic heterocycles. The monoisotopic (exact) mass is 249 g/mol. The molecule has 0 saturated carbocycles. The predicted octanol–water partition coefficient (Wildman–Crippen LogP) is -0.594. The van der Waals surface area contributed by atoms with Gasteiger partial charge in [0.1, 0.15) is 6.04 Å². The maximum absolute atomic E-state index is 11.6. The summed E-state index contributed by atoms with van der Waals surface area (Å²) < 4.78 is 0. The molecule has 1 rings (SSSR count). The summed E-state index contributed by atoms with van der Waals surface area (Å²) in [5.41, 5.74) is 5.46. The fraction of sp³-hybridized carbons (Fsp3) is 0.250. The van der Waals surface area contributed by atoms with Gasteiger partial charge in [0.15, 0.2) is 0 Å². The van der Waals surface area contributed by atoms with Crippen LogP contribution in [0, 0.1) is 0 Å². The normalized spacial score (nSPS) is 11.4. The second-order valence-electron chi connectivity index (χ2n) is 3.74. The summed E-state index contributed by atoms with van der Waals surface area (Å²) in [6.45, 7) is 1.27. The van der Waals surface area contributed by atoms with E-state index in [9.17, 15) is 14.4 Å². The van der Waals surface area contributed by atoms with Gasteiger partial charge in [0, 0.05) is 5.56 Å². The average Bonchev–Trinajstić information content (AvgIpc) is 2.36. The highest BCUT2D eigenvalue weighted by Gasteiger charge is 2.13. The minimum atomic E-state index is -0.758. The van der Waals surface area contributed by atoms with Crippen LogP contribution >= 0.6 is 0 Å². The lowest BCUT2D eigenvalue weighted by Gasteiger charge is -2.10. The summed E-state index contributed by atoms with van der Waals surface area (Å²) in [6.07, 6.45) is 0. The molecular weight excluding hydrogens is 234 g/mol. The zero-order valence-corrected chi connectivity index (χ0v) is 9.97. The fourth-order valence-electron chi connectivity index (χ4n) is 1.22. The third-order valence-electron chi connectivity index (χ3n) is 2.25. The first-order valence-electron chi connectivity index (χ1n) is 5.42. The Kier molecular flexibility index (Phi) is 4.86. The molecule has 0 spiro atoms. The van der Waals surface area contributed by atoms with Crippen molar-refractivity contribution in [3.63, 3.8) is 0 Å².